The zero-order valence-electron chi connectivity index (χ0n) is 12.3. The van der Waals surface area contributed by atoms with Crippen molar-refractivity contribution in [2.45, 2.75) is 18.3 Å². The van der Waals surface area contributed by atoms with E-state index >= 15 is 0 Å². The zero-order valence-corrected chi connectivity index (χ0v) is 24.7. The van der Waals surface area contributed by atoms with Gasteiger partial charge in [-0.2, -0.15) is 0 Å². The van der Waals surface area contributed by atoms with Crippen molar-refractivity contribution in [3.05, 3.63) is 0 Å². The van der Waals surface area contributed by atoms with Crippen molar-refractivity contribution in [2.75, 3.05) is 24.6 Å². The van der Waals surface area contributed by atoms with E-state index in [1.54, 1.807) is 33.3 Å². The fourth-order valence-corrected chi connectivity index (χ4v) is 6.96. The van der Waals surface area contributed by atoms with Crippen molar-refractivity contribution in [1.29, 1.82) is 0 Å². The summed E-state index contributed by atoms with van der Waals surface area (Å²) in [5.74, 6) is 1.80. The second-order valence-corrected chi connectivity index (χ2v) is 13.6. The Hall–Kier alpha value is 3.28. The van der Waals surface area contributed by atoms with E-state index in [0.717, 1.165) is 24.6 Å². The Labute approximate surface area is 221 Å². The van der Waals surface area contributed by atoms with Crippen molar-refractivity contribution in [2.24, 2.45) is 0 Å². The quantitative estimate of drug-likeness (QED) is 0.156. The van der Waals surface area contributed by atoms with Crippen LogP contribution in [0.4, 0.5) is 0 Å². The average molecular weight is 629 g/mol. The second-order valence-electron chi connectivity index (χ2n) is 4.45. The van der Waals surface area contributed by atoms with Gasteiger partial charge in [-0.05, 0) is 0 Å². The predicted octanol–water partition coefficient (Wildman–Crippen LogP) is 5.12. The van der Waals surface area contributed by atoms with Crippen molar-refractivity contribution >= 4 is 151 Å². The Morgan fingerprint density at radius 2 is 1.08 bits per heavy atom. The van der Waals surface area contributed by atoms with E-state index in [9.17, 15) is 0 Å². The maximum absolute atomic E-state index is 5.74. The Morgan fingerprint density at radius 3 is 1.24 bits per heavy atom. The number of alkyl halides is 6. The zero-order chi connectivity index (χ0) is 18.7. The molecule has 0 aliphatic carbocycles. The van der Waals surface area contributed by atoms with Crippen LogP contribution in [-0.4, -0.2) is 61.4 Å². The summed E-state index contributed by atoms with van der Waals surface area (Å²) in [6.07, 6.45) is 0. The molecule has 0 saturated carbocycles. The molecule has 2 atom stereocenters. The first-order valence-electron chi connectivity index (χ1n) is 6.17. The molecule has 2 aliphatic rings. The van der Waals surface area contributed by atoms with Crippen LogP contribution in [0.2, 0.25) is 0 Å². The molecule has 25 heavy (non-hydrogen) atoms. The first kappa shape index (κ1) is 28.3. The number of thiocarbonyl (C=S) groups is 2. The minimum absolute atomic E-state index is 0. The molecule has 0 amide bonds. The third-order valence-corrected chi connectivity index (χ3v) is 8.45. The molecular weight excluding hydrogens is 619 g/mol. The molecule has 15 heteroatoms. The summed E-state index contributed by atoms with van der Waals surface area (Å²) < 4.78 is -1.89. The van der Waals surface area contributed by atoms with E-state index in [2.05, 4.69) is 0 Å². The molecule has 2 fully saturated rings. The van der Waals surface area contributed by atoms with Crippen LogP contribution in [0, 0.1) is 0 Å². The van der Waals surface area contributed by atoms with Crippen LogP contribution in [0.25, 0.3) is 0 Å². The van der Waals surface area contributed by atoms with Crippen LogP contribution >= 0.6 is 118 Å². The third-order valence-electron chi connectivity index (χ3n) is 2.81. The molecule has 2 nitrogen and oxygen atoms in total. The Bertz CT molecular complexity index is 434. The fraction of sp³-hybridized carbons (Fsp3) is 0.800. The number of hydrogen-bond acceptors (Lipinski definition) is 6. The van der Waals surface area contributed by atoms with Gasteiger partial charge in [0.2, 0.25) is 7.59 Å². The summed E-state index contributed by atoms with van der Waals surface area (Å²) in [6.45, 7) is 1.54. The summed E-state index contributed by atoms with van der Waals surface area (Å²) in [4.78, 5) is 3.53. The predicted molar refractivity (Wildman–Crippen MR) is 126 cm³/mol. The fourth-order valence-electron chi connectivity index (χ4n) is 1.86. The van der Waals surface area contributed by atoms with Gasteiger partial charge in [0.15, 0.2) is 0 Å². The van der Waals surface area contributed by atoms with Crippen LogP contribution in [0.5, 0.6) is 0 Å². The largest absolute Gasteiger partial charge is 2.00 e. The smallest absolute Gasteiger partial charge is 0.411 e. The minimum Gasteiger partial charge on any atom is -0.411 e. The maximum atomic E-state index is 5.74. The number of rotatable bonds is 0. The van der Waals surface area contributed by atoms with Gasteiger partial charge in [-0.3, -0.25) is 0 Å². The second kappa shape index (κ2) is 12.2. The van der Waals surface area contributed by atoms with Crippen LogP contribution in [-0.2, 0) is 44.7 Å². The van der Waals surface area contributed by atoms with Gasteiger partial charge in [0.05, 0.1) is 0 Å². The number of nitrogens with zero attached hydrogens (tertiary/aromatic N) is 2. The van der Waals surface area contributed by atoms with Gasteiger partial charge < -0.3 is 59.5 Å². The maximum Gasteiger partial charge on any atom is 2.00 e. The van der Waals surface area contributed by atoms with Crippen LogP contribution in [0.1, 0.15) is 0 Å². The van der Waals surface area contributed by atoms with E-state index in [0.29, 0.717) is 8.64 Å². The summed E-state index contributed by atoms with van der Waals surface area (Å²) in [7, 11) is 0. The van der Waals surface area contributed by atoms with Gasteiger partial charge in [0.25, 0.3) is 0 Å². The van der Waals surface area contributed by atoms with Crippen LogP contribution in [0.3, 0.4) is 0 Å². The standard InChI is InChI=1S/2C5H6Cl3NS3.Zn/c2*6-5(7,8)3-9(4(10)11)1-2-12-3;/h2*3H,1-2H2,(H,10,11);/q;;+2/p-2. The average Bonchev–Trinajstić information content (AvgIpc) is 3.07. The van der Waals surface area contributed by atoms with Crippen LogP contribution < -0.4 is 0 Å². The summed E-state index contributed by atoms with van der Waals surface area (Å²) in [6, 6.07) is 0. The van der Waals surface area contributed by atoms with Gasteiger partial charge in [0.1, 0.15) is 10.7 Å². The molecule has 0 spiro atoms. The molecule has 0 aromatic carbocycles. The van der Waals surface area contributed by atoms with Crippen molar-refractivity contribution in [3.8, 4) is 0 Å². The number of thioether (sulfide) groups is 2. The molecule has 0 bridgehead atoms. The monoisotopic (exact) mass is 624 g/mol. The molecule has 140 valence electrons. The van der Waals surface area contributed by atoms with E-state index in [1.165, 1.54) is 0 Å². The third kappa shape index (κ3) is 9.31. The van der Waals surface area contributed by atoms with Gasteiger partial charge in [0, 0.05) is 24.6 Å². The van der Waals surface area contributed by atoms with Crippen molar-refractivity contribution in [1.82, 2.24) is 9.80 Å². The molecule has 2 saturated heterocycles. The summed E-state index contributed by atoms with van der Waals surface area (Å²) in [5.41, 5.74) is 0. The SMILES string of the molecule is S=C([S-])N1CCSC1C(Cl)(Cl)Cl.S=C([S-])N1CCSC1C(Cl)(Cl)Cl.[Zn+2]. The molecule has 2 aliphatic heterocycles. The van der Waals surface area contributed by atoms with Gasteiger partial charge in [-0.25, -0.2) is 0 Å². The molecule has 0 aromatic rings. The van der Waals surface area contributed by atoms with E-state index in [-0.39, 0.29) is 30.2 Å². The summed E-state index contributed by atoms with van der Waals surface area (Å²) in [5, 5.41) is -0.458. The normalized spacial score (nSPS) is 23.6. The molecule has 2 unspecified atom stereocenters. The van der Waals surface area contributed by atoms with Gasteiger partial charge in [-0.15, -0.1) is 23.5 Å². The molecular formula is C10H10Cl6N2S6Zn. The Balaban J connectivity index is 0.000000443. The van der Waals surface area contributed by atoms with Gasteiger partial charge >= 0.3 is 19.5 Å². The molecule has 0 radical (unpaired) electrons. The molecule has 2 heterocycles. The molecule has 2 rings (SSSR count). The van der Waals surface area contributed by atoms with Crippen molar-refractivity contribution in [3.63, 3.8) is 0 Å². The minimum atomic E-state index is -1.32. The molecule has 0 N–H and O–H groups in total. The first-order chi connectivity index (χ1) is 10.9. The Kier molecular flexibility index (Phi) is 13.8. The summed E-state index contributed by atoms with van der Waals surface area (Å²) >= 11 is 57.0. The van der Waals surface area contributed by atoms with E-state index in [4.69, 9.17) is 119 Å². The van der Waals surface area contributed by atoms with Gasteiger partial charge in [-0.1, -0.05) is 78.2 Å². The Morgan fingerprint density at radius 1 is 0.800 bits per heavy atom. The van der Waals surface area contributed by atoms with Crippen molar-refractivity contribution < 1.29 is 19.5 Å². The number of halogens is 6. The first-order valence-corrected chi connectivity index (χ1v) is 12.2. The topological polar surface area (TPSA) is 6.48 Å². The van der Waals surface area contributed by atoms with Crippen LogP contribution in [0.15, 0.2) is 0 Å². The van der Waals surface area contributed by atoms with E-state index < -0.39 is 7.59 Å². The van der Waals surface area contributed by atoms with E-state index in [1.807, 2.05) is 0 Å². The molecule has 0 aromatic heterocycles. The number of hydrogen-bond donors (Lipinski definition) is 0.